The number of benzene rings is 2. The van der Waals surface area contributed by atoms with Gasteiger partial charge in [-0.15, -0.1) is 11.3 Å². The van der Waals surface area contributed by atoms with Gasteiger partial charge in [0.05, 0.1) is 15.2 Å². The molecule has 12 heteroatoms. The molecule has 5 atom stereocenters. The molecule has 2 aliphatic rings. The number of halogens is 3. The molecule has 2 aliphatic carbocycles. The summed E-state index contributed by atoms with van der Waals surface area (Å²) in [6.45, 7) is 0. The fourth-order valence-electron chi connectivity index (χ4n) is 5.63. The van der Waals surface area contributed by atoms with Gasteiger partial charge in [-0.3, -0.25) is 4.79 Å². The maximum absolute atomic E-state index is 13.7. The number of aliphatic hydroxyl groups excluding tert-OH is 1. The number of hydrogen-bond donors (Lipinski definition) is 3. The normalized spacial score (nSPS) is 26.1. The summed E-state index contributed by atoms with van der Waals surface area (Å²) in [6.07, 6.45) is 1.72. The molecular formula is C25H23ClF2N2O5S2. The number of nitrogens with zero attached hydrogens (tertiary/aromatic N) is 1. The molecule has 0 aliphatic heterocycles. The van der Waals surface area contributed by atoms with Crippen molar-refractivity contribution in [1.29, 1.82) is 0 Å². The number of carbonyl (C=O) groups is 1. The topological polar surface area (TPSA) is 117 Å². The van der Waals surface area contributed by atoms with Crippen LogP contribution in [0.3, 0.4) is 0 Å². The first-order chi connectivity index (χ1) is 17.5. The second-order valence-electron chi connectivity index (χ2n) is 9.50. The highest BCUT2D eigenvalue weighted by molar-refractivity contribution is 7.92. The summed E-state index contributed by atoms with van der Waals surface area (Å²) in [5.41, 5.74) is -1.49. The van der Waals surface area contributed by atoms with Crippen molar-refractivity contribution >= 4 is 44.4 Å². The van der Waals surface area contributed by atoms with Crippen LogP contribution in [-0.4, -0.2) is 40.4 Å². The van der Waals surface area contributed by atoms with E-state index in [1.807, 2.05) is 0 Å². The lowest BCUT2D eigenvalue weighted by molar-refractivity contribution is -0.144. The van der Waals surface area contributed by atoms with E-state index in [1.165, 1.54) is 35.6 Å². The Kier molecular flexibility index (Phi) is 6.86. The van der Waals surface area contributed by atoms with E-state index in [-0.39, 0.29) is 34.0 Å². The molecule has 2 bridgehead atoms. The third kappa shape index (κ3) is 4.57. The van der Waals surface area contributed by atoms with E-state index in [0.29, 0.717) is 17.8 Å². The number of nitrogens with one attached hydrogen (secondary N) is 1. The molecule has 3 N–H and O–H groups in total. The molecule has 7 nitrogen and oxygen atoms in total. The van der Waals surface area contributed by atoms with Crippen LogP contribution in [0.2, 0.25) is 5.02 Å². The number of hydrogen-bond acceptors (Lipinski definition) is 7. The van der Waals surface area contributed by atoms with Crippen LogP contribution in [0.4, 0.5) is 14.5 Å². The zero-order valence-corrected chi connectivity index (χ0v) is 21.7. The number of rotatable bonds is 6. The average Bonchev–Trinajstić information content (AvgIpc) is 3.43. The van der Waals surface area contributed by atoms with Crippen molar-refractivity contribution in [2.45, 2.75) is 47.5 Å². The van der Waals surface area contributed by atoms with Crippen LogP contribution >= 0.6 is 22.9 Å². The van der Waals surface area contributed by atoms with Gasteiger partial charge in [0.15, 0.2) is 21.5 Å². The predicted octanol–water partition coefficient (Wildman–Crippen LogP) is 4.75. The van der Waals surface area contributed by atoms with E-state index in [1.54, 1.807) is 11.6 Å². The van der Waals surface area contributed by atoms with Gasteiger partial charge in [-0.25, -0.2) is 22.2 Å². The third-order valence-corrected chi connectivity index (χ3v) is 11.0. The highest BCUT2D eigenvalue weighted by atomic mass is 35.5. The first kappa shape index (κ1) is 26.2. The molecule has 1 amide bonds. The van der Waals surface area contributed by atoms with E-state index < -0.39 is 56.2 Å². The van der Waals surface area contributed by atoms with Gasteiger partial charge in [0.25, 0.3) is 5.91 Å². The molecule has 0 radical (unpaired) electrons. The Morgan fingerprint density at radius 1 is 1.14 bits per heavy atom. The van der Waals surface area contributed by atoms with E-state index in [0.717, 1.165) is 12.1 Å². The second-order valence-corrected chi connectivity index (χ2v) is 13.0. The summed E-state index contributed by atoms with van der Waals surface area (Å²) in [4.78, 5) is 16.6. The molecule has 1 heterocycles. The van der Waals surface area contributed by atoms with Gasteiger partial charge in [0.1, 0.15) is 16.7 Å². The van der Waals surface area contributed by atoms with Gasteiger partial charge in [0.2, 0.25) is 0 Å². The maximum Gasteiger partial charge on any atom is 0.255 e. The van der Waals surface area contributed by atoms with E-state index in [9.17, 15) is 32.2 Å². The summed E-state index contributed by atoms with van der Waals surface area (Å²) >= 11 is 7.50. The van der Waals surface area contributed by atoms with Gasteiger partial charge in [-0.1, -0.05) is 11.6 Å². The molecule has 3 aromatic rings. The molecule has 5 rings (SSSR count). The second kappa shape index (κ2) is 9.70. The van der Waals surface area contributed by atoms with Crippen LogP contribution in [0, 0.1) is 23.5 Å². The highest BCUT2D eigenvalue weighted by Crippen LogP contribution is 2.56. The Morgan fingerprint density at radius 2 is 1.84 bits per heavy atom. The molecule has 1 aromatic heterocycles. The molecule has 196 valence electrons. The van der Waals surface area contributed by atoms with Crippen molar-refractivity contribution in [3.63, 3.8) is 0 Å². The first-order valence-electron chi connectivity index (χ1n) is 11.6. The quantitative estimate of drug-likeness (QED) is 0.395. The summed E-state index contributed by atoms with van der Waals surface area (Å²) < 4.78 is 54.1. The summed E-state index contributed by atoms with van der Waals surface area (Å²) in [7, 11) is -4.02. The van der Waals surface area contributed by atoms with Gasteiger partial charge in [-0.05, 0) is 67.9 Å². The van der Waals surface area contributed by atoms with Gasteiger partial charge in [-0.2, -0.15) is 0 Å². The number of aliphatic hydroxyl groups is 2. The van der Waals surface area contributed by atoms with Crippen LogP contribution in [0.25, 0.3) is 0 Å². The zero-order chi connectivity index (χ0) is 26.5. The lowest BCUT2D eigenvalue weighted by Crippen LogP contribution is -2.52. The Bertz CT molecular complexity index is 1440. The minimum Gasteiger partial charge on any atom is -0.386 e. The van der Waals surface area contributed by atoms with Crippen molar-refractivity contribution in [3.05, 3.63) is 75.2 Å². The monoisotopic (exact) mass is 568 g/mol. The number of carbonyl (C=O) groups excluding carboxylic acids is 1. The van der Waals surface area contributed by atoms with Crippen LogP contribution in [0.5, 0.6) is 0 Å². The Labute approximate surface area is 221 Å². The molecule has 2 saturated carbocycles. The molecular weight excluding hydrogens is 546 g/mol. The van der Waals surface area contributed by atoms with Gasteiger partial charge >= 0.3 is 0 Å². The van der Waals surface area contributed by atoms with E-state index in [2.05, 4.69) is 10.3 Å². The lowest BCUT2D eigenvalue weighted by Gasteiger charge is -2.44. The predicted molar refractivity (Wildman–Crippen MR) is 134 cm³/mol. The van der Waals surface area contributed by atoms with Crippen molar-refractivity contribution in [2.75, 3.05) is 5.32 Å². The largest absolute Gasteiger partial charge is 0.386 e. The molecule has 0 saturated heterocycles. The fourth-order valence-corrected chi connectivity index (χ4v) is 8.73. The smallest absolute Gasteiger partial charge is 0.255 e. The SMILES string of the molecule is O=C(Nc1ccc(F)c(F)c1)c1ccc(Cl)c(S(=O)(=O)C2CC3CC[C@@H](C2)C3(O)[C@H](O)c2nccs2)c1. The zero-order valence-electron chi connectivity index (χ0n) is 19.3. The Hall–Kier alpha value is -2.44. The lowest BCUT2D eigenvalue weighted by atomic mass is 9.71. The minimum absolute atomic E-state index is 0.00480. The minimum atomic E-state index is -4.02. The standard InChI is InChI=1S/C25H23ClF2N2O5S2/c26-18-5-1-13(23(32)30-16-4-6-19(27)20(28)12-16)9-21(18)37(34,35)17-10-14-2-3-15(11-17)25(14,33)22(31)24-29-7-8-36-24/h1,4-9,12,14-15,17,22,31,33H,2-3,10-11H2,(H,30,32)/t14-,15?,17?,22+,25?/m0/s1. The summed E-state index contributed by atoms with van der Waals surface area (Å²) in [5.74, 6) is -3.83. The van der Waals surface area contributed by atoms with Gasteiger partial charge < -0.3 is 15.5 Å². The van der Waals surface area contributed by atoms with E-state index in [4.69, 9.17) is 11.6 Å². The summed E-state index contributed by atoms with van der Waals surface area (Å²) in [6, 6.07) is 6.68. The molecule has 0 spiro atoms. The van der Waals surface area contributed by atoms with Crippen molar-refractivity contribution in [3.8, 4) is 0 Å². The number of amides is 1. The number of anilines is 1. The van der Waals surface area contributed by atoms with Crippen molar-refractivity contribution in [1.82, 2.24) is 4.98 Å². The van der Waals surface area contributed by atoms with Crippen LogP contribution < -0.4 is 5.32 Å². The third-order valence-electron chi connectivity index (χ3n) is 7.51. The first-order valence-corrected chi connectivity index (χ1v) is 14.4. The highest BCUT2D eigenvalue weighted by Gasteiger charge is 2.59. The van der Waals surface area contributed by atoms with E-state index >= 15 is 0 Å². The average molecular weight is 569 g/mol. The van der Waals surface area contributed by atoms with Gasteiger partial charge in [0, 0.05) is 28.9 Å². The Balaban J connectivity index is 1.39. The number of aromatic nitrogens is 1. The van der Waals surface area contributed by atoms with Crippen LogP contribution in [0.15, 0.2) is 52.9 Å². The number of fused-ring (bicyclic) bond motifs is 2. The van der Waals surface area contributed by atoms with Crippen molar-refractivity contribution < 1.29 is 32.2 Å². The molecule has 3 unspecified atom stereocenters. The number of sulfone groups is 1. The molecule has 2 fully saturated rings. The number of thiazole rings is 1. The molecule has 2 aromatic carbocycles. The Morgan fingerprint density at radius 3 is 2.46 bits per heavy atom. The molecule has 37 heavy (non-hydrogen) atoms. The van der Waals surface area contributed by atoms with Crippen LogP contribution in [0.1, 0.15) is 47.2 Å². The van der Waals surface area contributed by atoms with Crippen LogP contribution in [-0.2, 0) is 9.84 Å². The summed E-state index contributed by atoms with van der Waals surface area (Å²) in [5, 5.41) is 26.0. The fraction of sp³-hybridized carbons (Fsp3) is 0.360. The maximum atomic E-state index is 13.7. The van der Waals surface area contributed by atoms with Crippen molar-refractivity contribution in [2.24, 2.45) is 11.8 Å².